The van der Waals surface area contributed by atoms with E-state index in [9.17, 15) is 4.79 Å². The maximum atomic E-state index is 12.1. The third-order valence-corrected chi connectivity index (χ3v) is 3.38. The first-order chi connectivity index (χ1) is 9.19. The molecule has 1 saturated heterocycles. The van der Waals surface area contributed by atoms with E-state index in [1.54, 1.807) is 13.2 Å². The van der Waals surface area contributed by atoms with Crippen molar-refractivity contribution >= 4 is 17.7 Å². The number of likely N-dealkylation sites (tertiary alicyclic amines) is 1. The zero-order chi connectivity index (χ0) is 13.7. The molecule has 4 heteroatoms. The van der Waals surface area contributed by atoms with Crippen LogP contribution in [-0.4, -0.2) is 37.1 Å². The standard InChI is InChI=1S/C15H20N2O2/c1-19-14-3-2-10-17(11-14)15(18)9-6-12-4-7-13(16)8-5-12/h4-9,14H,2-3,10-11,16H2,1H3/b9-6+. The molecule has 4 nitrogen and oxygen atoms in total. The van der Waals surface area contributed by atoms with Crippen molar-refractivity contribution in [2.24, 2.45) is 0 Å². The minimum absolute atomic E-state index is 0.0403. The molecule has 1 aliphatic rings. The van der Waals surface area contributed by atoms with Gasteiger partial charge in [-0.25, -0.2) is 0 Å². The number of benzene rings is 1. The zero-order valence-electron chi connectivity index (χ0n) is 11.2. The van der Waals surface area contributed by atoms with Gasteiger partial charge in [-0.2, -0.15) is 0 Å². The summed E-state index contributed by atoms with van der Waals surface area (Å²) in [5, 5.41) is 0. The first-order valence-corrected chi connectivity index (χ1v) is 6.54. The zero-order valence-corrected chi connectivity index (χ0v) is 11.2. The first-order valence-electron chi connectivity index (χ1n) is 6.54. The van der Waals surface area contributed by atoms with Gasteiger partial charge in [0, 0.05) is 32.0 Å². The van der Waals surface area contributed by atoms with Gasteiger partial charge < -0.3 is 15.4 Å². The SMILES string of the molecule is COC1CCCN(C(=O)/C=C/c2ccc(N)cc2)C1. The summed E-state index contributed by atoms with van der Waals surface area (Å²) >= 11 is 0. The molecule has 1 aromatic carbocycles. The van der Waals surface area contributed by atoms with E-state index in [-0.39, 0.29) is 12.0 Å². The summed E-state index contributed by atoms with van der Waals surface area (Å²) in [7, 11) is 1.70. The number of carbonyl (C=O) groups excluding carboxylic acids is 1. The van der Waals surface area contributed by atoms with Crippen LogP contribution in [0.25, 0.3) is 6.08 Å². The quantitative estimate of drug-likeness (QED) is 0.667. The molecular weight excluding hydrogens is 240 g/mol. The minimum atomic E-state index is 0.0403. The third-order valence-electron chi connectivity index (χ3n) is 3.38. The van der Waals surface area contributed by atoms with Crippen molar-refractivity contribution in [2.75, 3.05) is 25.9 Å². The van der Waals surface area contributed by atoms with Crippen molar-refractivity contribution in [1.29, 1.82) is 0 Å². The Morgan fingerprint density at radius 3 is 2.84 bits per heavy atom. The topological polar surface area (TPSA) is 55.6 Å². The van der Waals surface area contributed by atoms with Crippen LogP contribution in [0.1, 0.15) is 18.4 Å². The monoisotopic (exact) mass is 260 g/mol. The number of nitrogen functional groups attached to an aromatic ring is 1. The van der Waals surface area contributed by atoms with Crippen LogP contribution in [0.2, 0.25) is 0 Å². The number of anilines is 1. The van der Waals surface area contributed by atoms with Gasteiger partial charge in [-0.15, -0.1) is 0 Å². The van der Waals surface area contributed by atoms with E-state index in [0.29, 0.717) is 6.54 Å². The van der Waals surface area contributed by atoms with E-state index >= 15 is 0 Å². The minimum Gasteiger partial charge on any atom is -0.399 e. The summed E-state index contributed by atoms with van der Waals surface area (Å²) in [6.45, 7) is 1.49. The molecule has 0 radical (unpaired) electrons. The molecule has 0 spiro atoms. The fourth-order valence-corrected chi connectivity index (χ4v) is 2.21. The molecule has 2 rings (SSSR count). The van der Waals surface area contributed by atoms with Crippen LogP contribution in [0.15, 0.2) is 30.3 Å². The van der Waals surface area contributed by atoms with E-state index in [1.165, 1.54) is 0 Å². The molecule has 0 aromatic heterocycles. The summed E-state index contributed by atoms with van der Waals surface area (Å²) in [6, 6.07) is 7.44. The lowest BCUT2D eigenvalue weighted by atomic mass is 10.1. The Bertz CT molecular complexity index is 454. The summed E-state index contributed by atoms with van der Waals surface area (Å²) < 4.78 is 5.32. The fraction of sp³-hybridized carbons (Fsp3) is 0.400. The molecule has 1 aliphatic heterocycles. The molecule has 2 N–H and O–H groups in total. The smallest absolute Gasteiger partial charge is 0.246 e. The maximum absolute atomic E-state index is 12.1. The van der Waals surface area contributed by atoms with Gasteiger partial charge in [0.1, 0.15) is 0 Å². The molecule has 0 saturated carbocycles. The van der Waals surface area contributed by atoms with Crippen LogP contribution < -0.4 is 5.73 Å². The van der Waals surface area contributed by atoms with Crippen LogP contribution in [0.4, 0.5) is 5.69 Å². The second-order valence-corrected chi connectivity index (χ2v) is 4.78. The number of amides is 1. The van der Waals surface area contributed by atoms with Gasteiger partial charge in [0.25, 0.3) is 0 Å². The van der Waals surface area contributed by atoms with Crippen LogP contribution in [0.3, 0.4) is 0 Å². The van der Waals surface area contributed by atoms with Crippen molar-refractivity contribution in [3.05, 3.63) is 35.9 Å². The van der Waals surface area contributed by atoms with Crippen molar-refractivity contribution in [3.8, 4) is 0 Å². The molecule has 1 amide bonds. The summed E-state index contributed by atoms with van der Waals surface area (Å²) in [6.07, 6.45) is 5.63. The second-order valence-electron chi connectivity index (χ2n) is 4.78. The van der Waals surface area contributed by atoms with Gasteiger partial charge >= 0.3 is 0 Å². The van der Waals surface area contributed by atoms with Gasteiger partial charge in [-0.3, -0.25) is 4.79 Å². The van der Waals surface area contributed by atoms with Crippen LogP contribution in [0, 0.1) is 0 Å². The molecule has 1 unspecified atom stereocenters. The van der Waals surface area contributed by atoms with Crippen molar-refractivity contribution in [2.45, 2.75) is 18.9 Å². The molecule has 0 aliphatic carbocycles. The largest absolute Gasteiger partial charge is 0.399 e. The van der Waals surface area contributed by atoms with Gasteiger partial charge in [-0.1, -0.05) is 12.1 Å². The van der Waals surface area contributed by atoms with Gasteiger partial charge in [0.05, 0.1) is 6.10 Å². The molecule has 1 heterocycles. The van der Waals surface area contributed by atoms with E-state index in [4.69, 9.17) is 10.5 Å². The average molecular weight is 260 g/mol. The molecule has 1 atom stereocenters. The number of nitrogens with zero attached hydrogens (tertiary/aromatic N) is 1. The Kier molecular flexibility index (Phi) is 4.58. The van der Waals surface area contributed by atoms with Gasteiger partial charge in [-0.05, 0) is 36.6 Å². The molecule has 0 bridgehead atoms. The number of piperidine rings is 1. The molecule has 1 fully saturated rings. The fourth-order valence-electron chi connectivity index (χ4n) is 2.21. The highest BCUT2D eigenvalue weighted by atomic mass is 16.5. The Hall–Kier alpha value is -1.81. The lowest BCUT2D eigenvalue weighted by Crippen LogP contribution is -2.42. The van der Waals surface area contributed by atoms with Crippen molar-refractivity contribution < 1.29 is 9.53 Å². The second kappa shape index (κ2) is 6.38. The molecular formula is C15H20N2O2. The van der Waals surface area contributed by atoms with Gasteiger partial charge in [0.2, 0.25) is 5.91 Å². The van der Waals surface area contributed by atoms with E-state index in [1.807, 2.05) is 35.2 Å². The van der Waals surface area contributed by atoms with E-state index in [2.05, 4.69) is 0 Å². The number of hydrogen-bond donors (Lipinski definition) is 1. The lowest BCUT2D eigenvalue weighted by molar-refractivity contribution is -0.129. The Morgan fingerprint density at radius 2 is 2.16 bits per heavy atom. The van der Waals surface area contributed by atoms with E-state index < -0.39 is 0 Å². The Labute approximate surface area is 113 Å². The summed E-state index contributed by atoms with van der Waals surface area (Å²) in [5.74, 6) is 0.0403. The van der Waals surface area contributed by atoms with Crippen molar-refractivity contribution in [1.82, 2.24) is 4.90 Å². The number of nitrogens with two attached hydrogens (primary N) is 1. The predicted molar refractivity (Wildman–Crippen MR) is 76.5 cm³/mol. The Balaban J connectivity index is 1.94. The highest BCUT2D eigenvalue weighted by Gasteiger charge is 2.21. The van der Waals surface area contributed by atoms with Crippen LogP contribution >= 0.6 is 0 Å². The normalized spacial score (nSPS) is 19.8. The summed E-state index contributed by atoms with van der Waals surface area (Å²) in [4.78, 5) is 13.9. The Morgan fingerprint density at radius 1 is 1.42 bits per heavy atom. The highest BCUT2D eigenvalue weighted by molar-refractivity contribution is 5.91. The molecule has 1 aromatic rings. The highest BCUT2D eigenvalue weighted by Crippen LogP contribution is 2.13. The van der Waals surface area contributed by atoms with Crippen LogP contribution in [0.5, 0.6) is 0 Å². The van der Waals surface area contributed by atoms with E-state index in [0.717, 1.165) is 30.6 Å². The average Bonchev–Trinajstić information content (AvgIpc) is 2.46. The van der Waals surface area contributed by atoms with Crippen molar-refractivity contribution in [3.63, 3.8) is 0 Å². The predicted octanol–water partition coefficient (Wildman–Crippen LogP) is 1.92. The molecule has 102 valence electrons. The number of ether oxygens (including phenoxy) is 1. The first kappa shape index (κ1) is 13.6. The summed E-state index contributed by atoms with van der Waals surface area (Å²) in [5.41, 5.74) is 7.32. The lowest BCUT2D eigenvalue weighted by Gasteiger charge is -2.31. The number of methoxy groups -OCH3 is 1. The number of hydrogen-bond acceptors (Lipinski definition) is 3. The van der Waals surface area contributed by atoms with Crippen LogP contribution in [-0.2, 0) is 9.53 Å². The third kappa shape index (κ3) is 3.83. The number of carbonyl (C=O) groups is 1. The van der Waals surface area contributed by atoms with Gasteiger partial charge in [0.15, 0.2) is 0 Å². The maximum Gasteiger partial charge on any atom is 0.246 e. The molecule has 19 heavy (non-hydrogen) atoms. The number of rotatable bonds is 3.